The number of ether oxygens (including phenoxy) is 1. The molecular formula is C22H21N3O2. The Bertz CT molecular complexity index is 882. The zero-order chi connectivity index (χ0) is 18.5. The average molecular weight is 359 g/mol. The molecule has 1 aromatic heterocycles. The summed E-state index contributed by atoms with van der Waals surface area (Å²) in [5, 5.41) is 0. The third kappa shape index (κ3) is 4.14. The van der Waals surface area contributed by atoms with Crippen molar-refractivity contribution in [2.24, 2.45) is 0 Å². The van der Waals surface area contributed by atoms with E-state index in [1.54, 1.807) is 12.3 Å². The highest BCUT2D eigenvalue weighted by Gasteiger charge is 2.26. The second kappa shape index (κ2) is 7.99. The smallest absolute Gasteiger partial charge is 0.253 e. The molecule has 136 valence electrons. The van der Waals surface area contributed by atoms with E-state index in [0.717, 1.165) is 30.5 Å². The Labute approximate surface area is 158 Å². The Morgan fingerprint density at radius 3 is 2.52 bits per heavy atom. The van der Waals surface area contributed by atoms with Gasteiger partial charge in [-0.2, -0.15) is 0 Å². The van der Waals surface area contributed by atoms with E-state index in [1.165, 1.54) is 6.33 Å². The number of carbonyl (C=O) groups is 1. The third-order valence-corrected chi connectivity index (χ3v) is 4.75. The van der Waals surface area contributed by atoms with Gasteiger partial charge in [0.1, 0.15) is 12.4 Å². The molecule has 4 rings (SSSR count). The first kappa shape index (κ1) is 17.2. The van der Waals surface area contributed by atoms with Gasteiger partial charge in [0.15, 0.2) is 0 Å². The van der Waals surface area contributed by atoms with E-state index in [2.05, 4.69) is 22.1 Å². The zero-order valence-electron chi connectivity index (χ0n) is 15.0. The standard InChI is InChI=1S/C22H21N3O2/c26-22(19-10-8-18(9-11-19)17-5-2-1-3-6-17)25-14-4-7-20(15-25)27-21-12-13-23-16-24-21/h1-3,5-6,8-13,16,20H,4,7,14-15H2. The number of benzene rings is 2. The minimum atomic E-state index is -0.0406. The Hall–Kier alpha value is -3.21. The highest BCUT2D eigenvalue weighted by atomic mass is 16.5. The maximum absolute atomic E-state index is 12.9. The molecule has 0 radical (unpaired) electrons. The van der Waals surface area contributed by atoms with Gasteiger partial charge in [-0.3, -0.25) is 4.79 Å². The van der Waals surface area contributed by atoms with Crippen molar-refractivity contribution in [1.29, 1.82) is 0 Å². The molecule has 0 N–H and O–H groups in total. The molecule has 2 aromatic carbocycles. The van der Waals surface area contributed by atoms with E-state index >= 15 is 0 Å². The van der Waals surface area contributed by atoms with Crippen LogP contribution in [0.2, 0.25) is 0 Å². The molecule has 1 aliphatic rings. The Kier molecular flexibility index (Phi) is 5.10. The summed E-state index contributed by atoms with van der Waals surface area (Å²) in [6, 6.07) is 19.7. The summed E-state index contributed by atoms with van der Waals surface area (Å²) < 4.78 is 5.90. The van der Waals surface area contributed by atoms with E-state index in [0.29, 0.717) is 18.0 Å². The molecular weight excluding hydrogens is 338 g/mol. The van der Waals surface area contributed by atoms with Gasteiger partial charge in [0.05, 0.1) is 6.54 Å². The molecule has 0 saturated carbocycles. The topological polar surface area (TPSA) is 55.3 Å². The van der Waals surface area contributed by atoms with Crippen LogP contribution in [0.15, 0.2) is 73.2 Å². The van der Waals surface area contributed by atoms with Crippen molar-refractivity contribution in [3.8, 4) is 17.0 Å². The molecule has 0 bridgehead atoms. The second-order valence-corrected chi connectivity index (χ2v) is 6.62. The molecule has 0 spiro atoms. The predicted molar refractivity (Wildman–Crippen MR) is 103 cm³/mol. The number of carbonyl (C=O) groups excluding carboxylic acids is 1. The lowest BCUT2D eigenvalue weighted by molar-refractivity contribution is 0.0527. The van der Waals surface area contributed by atoms with Crippen LogP contribution in [0, 0.1) is 0 Å². The van der Waals surface area contributed by atoms with E-state index in [9.17, 15) is 4.79 Å². The number of nitrogens with zero attached hydrogens (tertiary/aromatic N) is 3. The molecule has 1 unspecified atom stereocenters. The second-order valence-electron chi connectivity index (χ2n) is 6.62. The van der Waals surface area contributed by atoms with Crippen molar-refractivity contribution in [1.82, 2.24) is 14.9 Å². The fraction of sp³-hybridized carbons (Fsp3) is 0.227. The van der Waals surface area contributed by atoms with Crippen LogP contribution in [-0.4, -0.2) is 40.0 Å². The number of hydrogen-bond acceptors (Lipinski definition) is 4. The lowest BCUT2D eigenvalue weighted by atomic mass is 10.0. The molecule has 1 atom stereocenters. The van der Waals surface area contributed by atoms with Crippen LogP contribution < -0.4 is 4.74 Å². The molecule has 1 fully saturated rings. The molecule has 2 heterocycles. The van der Waals surface area contributed by atoms with Gasteiger partial charge in [-0.25, -0.2) is 9.97 Å². The fourth-order valence-corrected chi connectivity index (χ4v) is 3.36. The van der Waals surface area contributed by atoms with Crippen LogP contribution in [0.4, 0.5) is 0 Å². The summed E-state index contributed by atoms with van der Waals surface area (Å²) in [6.07, 6.45) is 4.92. The SMILES string of the molecule is O=C(c1ccc(-c2ccccc2)cc1)N1CCCC(Oc2ccncn2)C1. The minimum Gasteiger partial charge on any atom is -0.472 e. The summed E-state index contributed by atoms with van der Waals surface area (Å²) in [6.45, 7) is 1.33. The number of aromatic nitrogens is 2. The fourth-order valence-electron chi connectivity index (χ4n) is 3.36. The monoisotopic (exact) mass is 359 g/mol. The van der Waals surface area contributed by atoms with Crippen molar-refractivity contribution in [2.45, 2.75) is 18.9 Å². The van der Waals surface area contributed by atoms with Gasteiger partial charge in [-0.05, 0) is 36.1 Å². The quantitative estimate of drug-likeness (QED) is 0.710. The van der Waals surface area contributed by atoms with E-state index in [-0.39, 0.29) is 12.0 Å². The number of hydrogen-bond donors (Lipinski definition) is 0. The third-order valence-electron chi connectivity index (χ3n) is 4.75. The van der Waals surface area contributed by atoms with Crippen molar-refractivity contribution >= 4 is 5.91 Å². The molecule has 1 aliphatic heterocycles. The number of piperidine rings is 1. The van der Waals surface area contributed by atoms with Crippen LogP contribution in [0.3, 0.4) is 0 Å². The summed E-state index contributed by atoms with van der Waals surface area (Å²) in [7, 11) is 0. The first-order chi connectivity index (χ1) is 13.3. The molecule has 27 heavy (non-hydrogen) atoms. The van der Waals surface area contributed by atoms with Gasteiger partial charge in [0.25, 0.3) is 5.91 Å². The predicted octanol–water partition coefficient (Wildman–Crippen LogP) is 3.83. The average Bonchev–Trinajstić information content (AvgIpc) is 2.75. The number of rotatable bonds is 4. The van der Waals surface area contributed by atoms with Gasteiger partial charge in [-0.1, -0.05) is 42.5 Å². The van der Waals surface area contributed by atoms with E-state index in [1.807, 2.05) is 47.4 Å². The van der Waals surface area contributed by atoms with Crippen LogP contribution in [-0.2, 0) is 0 Å². The minimum absolute atomic E-state index is 0.0406. The Morgan fingerprint density at radius 1 is 1.00 bits per heavy atom. The van der Waals surface area contributed by atoms with Gasteiger partial charge in [0, 0.05) is 24.4 Å². The maximum Gasteiger partial charge on any atom is 0.253 e. The number of amides is 1. The van der Waals surface area contributed by atoms with Crippen molar-refractivity contribution in [2.75, 3.05) is 13.1 Å². The lowest BCUT2D eigenvalue weighted by Gasteiger charge is -2.32. The molecule has 1 amide bonds. The largest absolute Gasteiger partial charge is 0.472 e. The van der Waals surface area contributed by atoms with Crippen LogP contribution >= 0.6 is 0 Å². The van der Waals surface area contributed by atoms with Crippen molar-refractivity contribution < 1.29 is 9.53 Å². The normalized spacial score (nSPS) is 16.7. The molecule has 3 aromatic rings. The summed E-state index contributed by atoms with van der Waals surface area (Å²) in [5.74, 6) is 0.599. The highest BCUT2D eigenvalue weighted by Crippen LogP contribution is 2.22. The van der Waals surface area contributed by atoms with Gasteiger partial charge < -0.3 is 9.64 Å². The van der Waals surface area contributed by atoms with Crippen LogP contribution in [0.25, 0.3) is 11.1 Å². The first-order valence-electron chi connectivity index (χ1n) is 9.17. The Balaban J connectivity index is 1.42. The van der Waals surface area contributed by atoms with Gasteiger partial charge in [-0.15, -0.1) is 0 Å². The van der Waals surface area contributed by atoms with Crippen LogP contribution in [0.5, 0.6) is 5.88 Å². The van der Waals surface area contributed by atoms with Crippen molar-refractivity contribution in [3.05, 3.63) is 78.8 Å². The lowest BCUT2D eigenvalue weighted by Crippen LogP contribution is -2.44. The zero-order valence-corrected chi connectivity index (χ0v) is 15.0. The number of likely N-dealkylation sites (tertiary alicyclic amines) is 1. The molecule has 0 aliphatic carbocycles. The van der Waals surface area contributed by atoms with Gasteiger partial charge in [0.2, 0.25) is 5.88 Å². The summed E-state index contributed by atoms with van der Waals surface area (Å²) >= 11 is 0. The highest BCUT2D eigenvalue weighted by molar-refractivity contribution is 5.94. The molecule has 5 nitrogen and oxygen atoms in total. The van der Waals surface area contributed by atoms with Gasteiger partial charge >= 0.3 is 0 Å². The van der Waals surface area contributed by atoms with E-state index < -0.39 is 0 Å². The molecule has 1 saturated heterocycles. The summed E-state index contributed by atoms with van der Waals surface area (Å²) in [5.41, 5.74) is 2.96. The molecule has 5 heteroatoms. The summed E-state index contributed by atoms with van der Waals surface area (Å²) in [4.78, 5) is 22.8. The Morgan fingerprint density at radius 2 is 1.78 bits per heavy atom. The van der Waals surface area contributed by atoms with E-state index in [4.69, 9.17) is 4.74 Å². The maximum atomic E-state index is 12.9. The van der Waals surface area contributed by atoms with Crippen LogP contribution in [0.1, 0.15) is 23.2 Å². The first-order valence-corrected chi connectivity index (χ1v) is 9.17. The van der Waals surface area contributed by atoms with Crippen molar-refractivity contribution in [3.63, 3.8) is 0 Å².